The summed E-state index contributed by atoms with van der Waals surface area (Å²) in [6.07, 6.45) is 1.59. The molecule has 1 rings (SSSR count). The second-order valence-electron chi connectivity index (χ2n) is 2.32. The van der Waals surface area contributed by atoms with Gasteiger partial charge >= 0.3 is 0 Å². The largest absolute Gasteiger partial charge is 0.324 e. The molecule has 1 aromatic heterocycles. The summed E-state index contributed by atoms with van der Waals surface area (Å²) >= 11 is 11.4. The molecule has 1 heterocycles. The van der Waals surface area contributed by atoms with Crippen molar-refractivity contribution >= 4 is 23.2 Å². The SMILES string of the molecule is C[C@H](N)c1cnc(Cl)cc1Cl. The minimum Gasteiger partial charge on any atom is -0.324 e. The van der Waals surface area contributed by atoms with Crippen molar-refractivity contribution in [3.63, 3.8) is 0 Å². The van der Waals surface area contributed by atoms with Crippen LogP contribution in [-0.2, 0) is 0 Å². The van der Waals surface area contributed by atoms with Gasteiger partial charge in [-0.25, -0.2) is 4.98 Å². The van der Waals surface area contributed by atoms with E-state index in [2.05, 4.69) is 4.98 Å². The van der Waals surface area contributed by atoms with E-state index in [0.717, 1.165) is 5.56 Å². The summed E-state index contributed by atoms with van der Waals surface area (Å²) in [6, 6.07) is 1.48. The Hall–Kier alpha value is -0.310. The summed E-state index contributed by atoms with van der Waals surface area (Å²) in [5, 5.41) is 0.958. The molecule has 1 atom stereocenters. The van der Waals surface area contributed by atoms with E-state index in [4.69, 9.17) is 28.9 Å². The summed E-state index contributed by atoms with van der Waals surface area (Å²) < 4.78 is 0. The number of pyridine rings is 1. The van der Waals surface area contributed by atoms with E-state index in [1.54, 1.807) is 12.3 Å². The van der Waals surface area contributed by atoms with Gasteiger partial charge in [-0.2, -0.15) is 0 Å². The summed E-state index contributed by atoms with van der Waals surface area (Å²) in [7, 11) is 0. The second-order valence-corrected chi connectivity index (χ2v) is 3.11. The number of hydrogen-bond acceptors (Lipinski definition) is 2. The van der Waals surface area contributed by atoms with E-state index >= 15 is 0 Å². The average Bonchev–Trinajstić information content (AvgIpc) is 1.85. The van der Waals surface area contributed by atoms with Gasteiger partial charge in [-0.3, -0.25) is 0 Å². The van der Waals surface area contributed by atoms with Crippen LogP contribution in [0.25, 0.3) is 0 Å². The molecule has 2 N–H and O–H groups in total. The first-order valence-electron chi connectivity index (χ1n) is 3.18. The molecule has 0 aliphatic heterocycles. The Kier molecular flexibility index (Phi) is 2.71. The third-order valence-corrected chi connectivity index (χ3v) is 1.87. The number of halogens is 2. The van der Waals surface area contributed by atoms with Crippen molar-refractivity contribution in [2.75, 3.05) is 0 Å². The summed E-state index contributed by atoms with van der Waals surface area (Å²) in [6.45, 7) is 1.84. The van der Waals surface area contributed by atoms with E-state index in [1.807, 2.05) is 6.92 Å². The van der Waals surface area contributed by atoms with Crippen LogP contribution >= 0.6 is 23.2 Å². The molecule has 0 saturated carbocycles. The molecule has 0 saturated heterocycles. The van der Waals surface area contributed by atoms with Crippen LogP contribution in [0.4, 0.5) is 0 Å². The highest BCUT2D eigenvalue weighted by atomic mass is 35.5. The first-order valence-corrected chi connectivity index (χ1v) is 3.93. The predicted molar refractivity (Wildman–Crippen MR) is 46.9 cm³/mol. The van der Waals surface area contributed by atoms with Crippen LogP contribution in [0.5, 0.6) is 0 Å². The maximum atomic E-state index is 5.82. The average molecular weight is 191 g/mol. The van der Waals surface area contributed by atoms with Crippen molar-refractivity contribution in [1.82, 2.24) is 4.98 Å². The molecule has 2 nitrogen and oxygen atoms in total. The van der Waals surface area contributed by atoms with Crippen molar-refractivity contribution < 1.29 is 0 Å². The molecular formula is C7H8Cl2N2. The third-order valence-electron chi connectivity index (χ3n) is 1.34. The summed E-state index contributed by atoms with van der Waals surface area (Å²) in [5.41, 5.74) is 6.41. The summed E-state index contributed by atoms with van der Waals surface area (Å²) in [5.74, 6) is 0. The van der Waals surface area contributed by atoms with E-state index in [1.165, 1.54) is 0 Å². The molecular weight excluding hydrogens is 183 g/mol. The molecule has 0 fully saturated rings. The molecule has 0 unspecified atom stereocenters. The molecule has 11 heavy (non-hydrogen) atoms. The zero-order valence-electron chi connectivity index (χ0n) is 6.01. The monoisotopic (exact) mass is 190 g/mol. The van der Waals surface area contributed by atoms with Crippen LogP contribution in [0, 0.1) is 0 Å². The highest BCUT2D eigenvalue weighted by molar-refractivity contribution is 6.34. The quantitative estimate of drug-likeness (QED) is 0.692. The summed E-state index contributed by atoms with van der Waals surface area (Å²) in [4.78, 5) is 3.86. The second kappa shape index (κ2) is 3.39. The van der Waals surface area contributed by atoms with E-state index in [9.17, 15) is 0 Å². The Morgan fingerprint density at radius 3 is 2.64 bits per heavy atom. The normalized spacial score (nSPS) is 13.1. The van der Waals surface area contributed by atoms with Crippen LogP contribution in [0.2, 0.25) is 10.2 Å². The Morgan fingerprint density at radius 1 is 1.55 bits per heavy atom. The molecule has 60 valence electrons. The zero-order chi connectivity index (χ0) is 8.43. The molecule has 0 aromatic carbocycles. The first kappa shape index (κ1) is 8.78. The van der Waals surface area contributed by atoms with Crippen molar-refractivity contribution in [3.8, 4) is 0 Å². The van der Waals surface area contributed by atoms with Crippen molar-refractivity contribution in [3.05, 3.63) is 28.0 Å². The van der Waals surface area contributed by atoms with Gasteiger partial charge in [0.2, 0.25) is 0 Å². The fourth-order valence-corrected chi connectivity index (χ4v) is 1.29. The molecule has 4 heteroatoms. The van der Waals surface area contributed by atoms with Gasteiger partial charge < -0.3 is 5.73 Å². The number of nitrogens with zero attached hydrogens (tertiary/aromatic N) is 1. The van der Waals surface area contributed by atoms with Crippen molar-refractivity contribution in [1.29, 1.82) is 0 Å². The lowest BCUT2D eigenvalue weighted by atomic mass is 10.2. The zero-order valence-corrected chi connectivity index (χ0v) is 7.52. The van der Waals surface area contributed by atoms with Crippen LogP contribution < -0.4 is 5.73 Å². The predicted octanol–water partition coefficient (Wildman–Crippen LogP) is 2.41. The highest BCUT2D eigenvalue weighted by Gasteiger charge is 2.05. The van der Waals surface area contributed by atoms with Crippen LogP contribution in [0.3, 0.4) is 0 Å². The maximum Gasteiger partial charge on any atom is 0.130 e. The van der Waals surface area contributed by atoms with Gasteiger partial charge in [0.15, 0.2) is 0 Å². The molecule has 0 spiro atoms. The highest BCUT2D eigenvalue weighted by Crippen LogP contribution is 2.22. The number of rotatable bonds is 1. The Morgan fingerprint density at radius 2 is 2.18 bits per heavy atom. The minimum absolute atomic E-state index is 0.104. The number of nitrogens with two attached hydrogens (primary N) is 1. The van der Waals surface area contributed by atoms with Gasteiger partial charge in [0.25, 0.3) is 0 Å². The topological polar surface area (TPSA) is 38.9 Å². The molecule has 0 bridgehead atoms. The van der Waals surface area contributed by atoms with Gasteiger partial charge in [0, 0.05) is 22.8 Å². The van der Waals surface area contributed by atoms with Crippen LogP contribution in [-0.4, -0.2) is 4.98 Å². The lowest BCUT2D eigenvalue weighted by Gasteiger charge is -2.06. The third kappa shape index (κ3) is 2.06. The fourth-order valence-electron chi connectivity index (χ4n) is 0.753. The number of hydrogen-bond donors (Lipinski definition) is 1. The maximum absolute atomic E-state index is 5.82. The van der Waals surface area contributed by atoms with Crippen LogP contribution in [0.15, 0.2) is 12.3 Å². The molecule has 1 aromatic rings. The molecule has 0 aliphatic carbocycles. The van der Waals surface area contributed by atoms with Crippen molar-refractivity contribution in [2.45, 2.75) is 13.0 Å². The number of aromatic nitrogens is 1. The fraction of sp³-hybridized carbons (Fsp3) is 0.286. The molecule has 0 aliphatic rings. The molecule has 0 amide bonds. The Bertz CT molecular complexity index is 261. The minimum atomic E-state index is -0.104. The van der Waals surface area contributed by atoms with E-state index < -0.39 is 0 Å². The standard InChI is InChI=1S/C7H8Cl2N2/c1-4(10)5-3-11-7(9)2-6(5)8/h2-4H,10H2,1H3/t4-/m0/s1. The van der Waals surface area contributed by atoms with Gasteiger partial charge in [-0.15, -0.1) is 0 Å². The van der Waals surface area contributed by atoms with Gasteiger partial charge in [-0.1, -0.05) is 23.2 Å². The Labute approximate surface area is 75.3 Å². The molecule has 0 radical (unpaired) electrons. The van der Waals surface area contributed by atoms with E-state index in [0.29, 0.717) is 10.2 Å². The first-order chi connectivity index (χ1) is 5.11. The van der Waals surface area contributed by atoms with Gasteiger partial charge in [0.05, 0.1) is 0 Å². The van der Waals surface area contributed by atoms with Gasteiger partial charge in [0.1, 0.15) is 5.15 Å². The van der Waals surface area contributed by atoms with Crippen molar-refractivity contribution in [2.24, 2.45) is 5.73 Å². The lowest BCUT2D eigenvalue weighted by Crippen LogP contribution is -2.05. The van der Waals surface area contributed by atoms with E-state index in [-0.39, 0.29) is 6.04 Å². The smallest absolute Gasteiger partial charge is 0.130 e. The van der Waals surface area contributed by atoms with Gasteiger partial charge in [-0.05, 0) is 13.0 Å². The Balaban J connectivity index is 3.09. The van der Waals surface area contributed by atoms with Crippen LogP contribution in [0.1, 0.15) is 18.5 Å². The lowest BCUT2D eigenvalue weighted by molar-refractivity contribution is 0.812.